The predicted octanol–water partition coefficient (Wildman–Crippen LogP) is 1.50. The minimum atomic E-state index is -1.01. The fraction of sp³-hybridized carbons (Fsp3) is 0.462. The smallest absolute Gasteiger partial charge is 0.237 e. The predicted molar refractivity (Wildman–Crippen MR) is 67.7 cm³/mol. The Morgan fingerprint density at radius 1 is 1.50 bits per heavy atom. The Kier molecular flexibility index (Phi) is 4.67. The fourth-order valence-electron chi connectivity index (χ4n) is 1.52. The van der Waals surface area contributed by atoms with Gasteiger partial charge in [0.15, 0.2) is 0 Å². The van der Waals surface area contributed by atoms with Crippen LogP contribution in [0.25, 0.3) is 0 Å². The molecule has 0 fully saturated rings. The van der Waals surface area contributed by atoms with Crippen LogP contribution in [0.4, 0.5) is 4.39 Å². The molecule has 0 aliphatic heterocycles. The molecular weight excluding hydrogens is 235 g/mol. The maximum absolute atomic E-state index is 12.9. The minimum absolute atomic E-state index is 0.289. The second-order valence-corrected chi connectivity index (χ2v) is 4.64. The average Bonchev–Trinajstić information content (AvgIpc) is 2.26. The fourth-order valence-corrected chi connectivity index (χ4v) is 1.52. The van der Waals surface area contributed by atoms with Crippen molar-refractivity contribution in [3.63, 3.8) is 0 Å². The normalized spacial score (nSPS) is 14.0. The van der Waals surface area contributed by atoms with Crippen LogP contribution in [0.3, 0.4) is 0 Å². The van der Waals surface area contributed by atoms with E-state index in [2.05, 4.69) is 0 Å². The Bertz CT molecular complexity index is 433. The van der Waals surface area contributed by atoms with E-state index >= 15 is 0 Å². The zero-order valence-electron chi connectivity index (χ0n) is 10.7. The molecule has 100 valence electrons. The van der Waals surface area contributed by atoms with Crippen LogP contribution in [-0.2, 0) is 4.79 Å². The van der Waals surface area contributed by atoms with Crippen molar-refractivity contribution >= 4 is 5.91 Å². The van der Waals surface area contributed by atoms with Crippen LogP contribution >= 0.6 is 0 Å². The number of carbonyl (C=O) groups excluding carboxylic acids is 1. The molecule has 1 aromatic carbocycles. The van der Waals surface area contributed by atoms with Gasteiger partial charge in [-0.1, -0.05) is 0 Å². The molecule has 0 bridgehead atoms. The Hall–Kier alpha value is -1.62. The highest BCUT2D eigenvalue weighted by molar-refractivity contribution is 5.83. The van der Waals surface area contributed by atoms with Crippen LogP contribution in [0.2, 0.25) is 0 Å². The number of hydrogen-bond donors (Lipinski definition) is 2. The van der Waals surface area contributed by atoms with Crippen LogP contribution in [0, 0.1) is 12.7 Å². The van der Waals surface area contributed by atoms with Crippen LogP contribution < -0.4 is 16.2 Å². The van der Waals surface area contributed by atoms with Crippen molar-refractivity contribution in [1.29, 1.82) is 0 Å². The monoisotopic (exact) mass is 254 g/mol. The van der Waals surface area contributed by atoms with Crippen molar-refractivity contribution in [2.75, 3.05) is 6.61 Å². The SMILES string of the molecule is Cc1cc(F)ccc1OCCCC(C)(N)C(N)=O. The molecule has 0 heterocycles. The van der Waals surface area contributed by atoms with Gasteiger partial charge in [0.05, 0.1) is 12.1 Å². The molecule has 1 amide bonds. The first-order valence-corrected chi connectivity index (χ1v) is 5.80. The molecule has 0 radical (unpaired) electrons. The van der Waals surface area contributed by atoms with Gasteiger partial charge in [-0.2, -0.15) is 0 Å². The topological polar surface area (TPSA) is 78.3 Å². The summed E-state index contributed by atoms with van der Waals surface area (Å²) < 4.78 is 18.4. The van der Waals surface area contributed by atoms with Crippen LogP contribution in [-0.4, -0.2) is 18.1 Å². The number of aryl methyl sites for hydroxylation is 1. The molecule has 0 aliphatic rings. The zero-order valence-corrected chi connectivity index (χ0v) is 10.7. The van der Waals surface area contributed by atoms with Gasteiger partial charge in [-0.3, -0.25) is 4.79 Å². The standard InChI is InChI=1S/C13H19FN2O2/c1-9-8-10(14)4-5-11(9)18-7-3-6-13(2,16)12(15)17/h4-5,8H,3,6-7,16H2,1-2H3,(H2,15,17). The Morgan fingerprint density at radius 3 is 2.72 bits per heavy atom. The maximum atomic E-state index is 12.9. The number of ether oxygens (including phenoxy) is 1. The first kappa shape index (κ1) is 14.4. The molecule has 18 heavy (non-hydrogen) atoms. The summed E-state index contributed by atoms with van der Waals surface area (Å²) in [5.41, 5.74) is 10.6. The van der Waals surface area contributed by atoms with E-state index in [0.717, 1.165) is 5.56 Å². The number of halogens is 1. The van der Waals surface area contributed by atoms with Crippen molar-refractivity contribution in [1.82, 2.24) is 0 Å². The molecule has 4 N–H and O–H groups in total. The Labute approximate surface area is 106 Å². The van der Waals surface area contributed by atoms with Gasteiger partial charge in [0.1, 0.15) is 11.6 Å². The molecule has 1 atom stereocenters. The Morgan fingerprint density at radius 2 is 2.17 bits per heavy atom. The van der Waals surface area contributed by atoms with Crippen LogP contribution in [0.15, 0.2) is 18.2 Å². The summed E-state index contributed by atoms with van der Waals surface area (Å²) in [5, 5.41) is 0. The lowest BCUT2D eigenvalue weighted by molar-refractivity contribution is -0.122. The molecule has 0 spiro atoms. The van der Waals surface area contributed by atoms with E-state index in [1.54, 1.807) is 19.9 Å². The number of nitrogens with two attached hydrogens (primary N) is 2. The van der Waals surface area contributed by atoms with Gasteiger partial charge < -0.3 is 16.2 Å². The van der Waals surface area contributed by atoms with E-state index in [-0.39, 0.29) is 5.82 Å². The number of amides is 1. The minimum Gasteiger partial charge on any atom is -0.493 e. The van der Waals surface area contributed by atoms with E-state index in [9.17, 15) is 9.18 Å². The first-order valence-electron chi connectivity index (χ1n) is 5.80. The molecule has 0 saturated carbocycles. The highest BCUT2D eigenvalue weighted by Crippen LogP contribution is 2.19. The number of primary amides is 1. The number of rotatable bonds is 6. The molecule has 1 unspecified atom stereocenters. The molecule has 0 aliphatic carbocycles. The quantitative estimate of drug-likeness (QED) is 0.755. The van der Waals surface area contributed by atoms with E-state index in [1.807, 2.05) is 0 Å². The molecule has 4 nitrogen and oxygen atoms in total. The lowest BCUT2D eigenvalue weighted by Gasteiger charge is -2.20. The molecule has 0 aromatic heterocycles. The lowest BCUT2D eigenvalue weighted by Crippen LogP contribution is -2.49. The maximum Gasteiger partial charge on any atom is 0.237 e. The summed E-state index contributed by atoms with van der Waals surface area (Å²) in [6, 6.07) is 4.34. The summed E-state index contributed by atoms with van der Waals surface area (Å²) in [6.45, 7) is 3.78. The van der Waals surface area contributed by atoms with Gasteiger partial charge in [-0.05, 0) is 50.5 Å². The van der Waals surface area contributed by atoms with Gasteiger partial charge in [-0.25, -0.2) is 4.39 Å². The third kappa shape index (κ3) is 4.00. The van der Waals surface area contributed by atoms with Gasteiger partial charge in [0.2, 0.25) is 5.91 Å². The lowest BCUT2D eigenvalue weighted by atomic mass is 9.97. The molecule has 5 heteroatoms. The third-order valence-electron chi connectivity index (χ3n) is 2.80. The van der Waals surface area contributed by atoms with E-state index < -0.39 is 11.4 Å². The summed E-state index contributed by atoms with van der Waals surface area (Å²) in [4.78, 5) is 11.0. The highest BCUT2D eigenvalue weighted by Gasteiger charge is 2.24. The molecular formula is C13H19FN2O2. The number of hydrogen-bond acceptors (Lipinski definition) is 3. The van der Waals surface area contributed by atoms with E-state index in [1.165, 1.54) is 12.1 Å². The zero-order chi connectivity index (χ0) is 13.8. The molecule has 0 saturated heterocycles. The van der Waals surface area contributed by atoms with Crippen molar-refractivity contribution in [3.05, 3.63) is 29.6 Å². The van der Waals surface area contributed by atoms with E-state index in [4.69, 9.17) is 16.2 Å². The van der Waals surface area contributed by atoms with Gasteiger partial charge >= 0.3 is 0 Å². The summed E-state index contributed by atoms with van der Waals surface area (Å²) in [6.07, 6.45) is 1.05. The summed E-state index contributed by atoms with van der Waals surface area (Å²) in [5.74, 6) is -0.183. The van der Waals surface area contributed by atoms with Crippen molar-refractivity contribution in [3.8, 4) is 5.75 Å². The van der Waals surface area contributed by atoms with Gasteiger partial charge in [-0.15, -0.1) is 0 Å². The summed E-state index contributed by atoms with van der Waals surface area (Å²) >= 11 is 0. The van der Waals surface area contributed by atoms with Crippen molar-refractivity contribution in [2.24, 2.45) is 11.5 Å². The second kappa shape index (κ2) is 5.82. The summed E-state index contributed by atoms with van der Waals surface area (Å²) in [7, 11) is 0. The van der Waals surface area contributed by atoms with Crippen molar-refractivity contribution < 1.29 is 13.9 Å². The third-order valence-corrected chi connectivity index (χ3v) is 2.80. The van der Waals surface area contributed by atoms with Gasteiger partial charge in [0.25, 0.3) is 0 Å². The Balaban J connectivity index is 2.41. The molecule has 1 rings (SSSR count). The number of benzene rings is 1. The largest absolute Gasteiger partial charge is 0.493 e. The average molecular weight is 254 g/mol. The van der Waals surface area contributed by atoms with E-state index in [0.29, 0.717) is 25.2 Å². The second-order valence-electron chi connectivity index (χ2n) is 4.64. The van der Waals surface area contributed by atoms with Crippen LogP contribution in [0.1, 0.15) is 25.3 Å². The number of carbonyl (C=O) groups is 1. The highest BCUT2D eigenvalue weighted by atomic mass is 19.1. The van der Waals surface area contributed by atoms with Gasteiger partial charge in [0, 0.05) is 0 Å². The van der Waals surface area contributed by atoms with Crippen LogP contribution in [0.5, 0.6) is 5.75 Å². The van der Waals surface area contributed by atoms with Crippen molar-refractivity contribution in [2.45, 2.75) is 32.2 Å². The first-order chi connectivity index (χ1) is 8.33. The molecule has 1 aromatic rings.